The van der Waals surface area contributed by atoms with Crippen LogP contribution in [0.5, 0.6) is 0 Å². The van der Waals surface area contributed by atoms with E-state index >= 15 is 0 Å². The predicted molar refractivity (Wildman–Crippen MR) is 52.8 cm³/mol. The van der Waals surface area contributed by atoms with E-state index in [2.05, 4.69) is 29.4 Å². The molecule has 3 nitrogen and oxygen atoms in total. The molecule has 2 rings (SSSR count). The average Bonchev–Trinajstić information content (AvgIpc) is 2.73. The summed E-state index contributed by atoms with van der Waals surface area (Å²) >= 11 is 0. The largest absolute Gasteiger partial charge is 0.435 e. The van der Waals surface area contributed by atoms with Crippen LogP contribution >= 0.6 is 0 Å². The van der Waals surface area contributed by atoms with Crippen LogP contribution in [0.15, 0.2) is 12.1 Å². The van der Waals surface area contributed by atoms with Gasteiger partial charge in [-0.1, -0.05) is 13.8 Å². The van der Waals surface area contributed by atoms with Crippen molar-refractivity contribution in [2.24, 2.45) is 5.41 Å². The van der Waals surface area contributed by atoms with E-state index < -0.39 is 11.9 Å². The first kappa shape index (κ1) is 11.2. The van der Waals surface area contributed by atoms with Crippen molar-refractivity contribution in [3.63, 3.8) is 0 Å². The molecule has 1 atom stereocenters. The summed E-state index contributed by atoms with van der Waals surface area (Å²) in [6, 6.07) is 2.52. The Morgan fingerprint density at radius 3 is 2.31 bits per heavy atom. The van der Waals surface area contributed by atoms with Crippen molar-refractivity contribution in [2.75, 3.05) is 5.32 Å². The number of nitrogens with one attached hydrogen (secondary N) is 1. The van der Waals surface area contributed by atoms with Gasteiger partial charge in [0.25, 0.3) is 0 Å². The van der Waals surface area contributed by atoms with Crippen LogP contribution in [0.1, 0.15) is 26.0 Å². The van der Waals surface area contributed by atoms with E-state index in [0.29, 0.717) is 5.82 Å². The van der Waals surface area contributed by atoms with Crippen molar-refractivity contribution in [3.05, 3.63) is 17.8 Å². The number of hydrogen-bond acceptors (Lipinski definition) is 3. The van der Waals surface area contributed by atoms with Crippen molar-refractivity contribution < 1.29 is 13.2 Å². The van der Waals surface area contributed by atoms with Crippen LogP contribution in [0.2, 0.25) is 0 Å². The number of halogens is 3. The van der Waals surface area contributed by atoms with Gasteiger partial charge in [0.15, 0.2) is 5.69 Å². The number of rotatable bonds is 2. The van der Waals surface area contributed by atoms with Crippen molar-refractivity contribution in [1.29, 1.82) is 0 Å². The quantitative estimate of drug-likeness (QED) is 0.850. The molecule has 1 heterocycles. The fourth-order valence-electron chi connectivity index (χ4n) is 1.45. The van der Waals surface area contributed by atoms with Gasteiger partial charge in [0.1, 0.15) is 5.82 Å². The summed E-state index contributed by atoms with van der Waals surface area (Å²) in [4.78, 5) is 0. The highest BCUT2D eigenvalue weighted by atomic mass is 19.4. The van der Waals surface area contributed by atoms with Crippen molar-refractivity contribution in [1.82, 2.24) is 10.2 Å². The molecule has 1 aliphatic rings. The molecule has 1 aromatic rings. The lowest BCUT2D eigenvalue weighted by atomic mass is 10.2. The zero-order valence-corrected chi connectivity index (χ0v) is 8.97. The van der Waals surface area contributed by atoms with Gasteiger partial charge in [-0.25, -0.2) is 0 Å². The fraction of sp³-hybridized carbons (Fsp3) is 0.600. The Morgan fingerprint density at radius 2 is 1.94 bits per heavy atom. The maximum absolute atomic E-state index is 12.2. The van der Waals surface area contributed by atoms with E-state index in [1.165, 1.54) is 6.07 Å². The molecule has 1 saturated carbocycles. The minimum absolute atomic E-state index is 0.199. The summed E-state index contributed by atoms with van der Waals surface area (Å²) in [6.07, 6.45) is -3.43. The minimum atomic E-state index is -4.43. The molecule has 0 spiro atoms. The first-order valence-corrected chi connectivity index (χ1v) is 4.96. The molecule has 0 bridgehead atoms. The number of anilines is 1. The molecule has 1 aliphatic carbocycles. The molecule has 1 aromatic heterocycles. The number of nitrogens with zero attached hydrogens (tertiary/aromatic N) is 2. The van der Waals surface area contributed by atoms with Crippen LogP contribution in [-0.4, -0.2) is 16.2 Å². The van der Waals surface area contributed by atoms with Gasteiger partial charge in [-0.05, 0) is 24.0 Å². The Bertz CT molecular complexity index is 383. The standard InChI is InChI=1S/C10H12F3N3/c1-9(2)5-7(9)14-8-4-3-6(15-16-8)10(11,12)13/h3-4,7H,5H2,1-2H3,(H,14,16). The average molecular weight is 231 g/mol. The lowest BCUT2D eigenvalue weighted by Crippen LogP contribution is -2.13. The molecule has 0 radical (unpaired) electrons. The molecule has 1 N–H and O–H groups in total. The highest BCUT2D eigenvalue weighted by molar-refractivity contribution is 5.38. The highest BCUT2D eigenvalue weighted by Gasteiger charge is 2.46. The summed E-state index contributed by atoms with van der Waals surface area (Å²) in [5, 5.41) is 9.69. The SMILES string of the molecule is CC1(C)CC1Nc1ccc(C(F)(F)F)nn1. The van der Waals surface area contributed by atoms with Crippen LogP contribution < -0.4 is 5.32 Å². The van der Waals surface area contributed by atoms with E-state index in [9.17, 15) is 13.2 Å². The van der Waals surface area contributed by atoms with Crippen LogP contribution in [0.25, 0.3) is 0 Å². The Balaban J connectivity index is 2.03. The molecular weight excluding hydrogens is 219 g/mol. The maximum atomic E-state index is 12.2. The third-order valence-corrected chi connectivity index (χ3v) is 2.79. The topological polar surface area (TPSA) is 37.8 Å². The fourth-order valence-corrected chi connectivity index (χ4v) is 1.45. The van der Waals surface area contributed by atoms with Gasteiger partial charge in [-0.2, -0.15) is 13.2 Å². The molecule has 0 aliphatic heterocycles. The smallest absolute Gasteiger partial charge is 0.365 e. The van der Waals surface area contributed by atoms with E-state index in [-0.39, 0.29) is 11.5 Å². The summed E-state index contributed by atoms with van der Waals surface area (Å²) < 4.78 is 36.6. The highest BCUT2D eigenvalue weighted by Crippen LogP contribution is 2.46. The van der Waals surface area contributed by atoms with Gasteiger partial charge >= 0.3 is 6.18 Å². The van der Waals surface area contributed by atoms with Crippen LogP contribution in [0, 0.1) is 5.41 Å². The van der Waals surface area contributed by atoms with Gasteiger partial charge < -0.3 is 5.32 Å². The first-order chi connectivity index (χ1) is 7.29. The molecule has 6 heteroatoms. The van der Waals surface area contributed by atoms with Gasteiger partial charge in [-0.15, -0.1) is 10.2 Å². The number of alkyl halides is 3. The summed E-state index contributed by atoms with van der Waals surface area (Å²) in [5.41, 5.74) is -0.766. The number of hydrogen-bond donors (Lipinski definition) is 1. The lowest BCUT2D eigenvalue weighted by molar-refractivity contribution is -0.141. The lowest BCUT2D eigenvalue weighted by Gasteiger charge is -2.08. The van der Waals surface area contributed by atoms with E-state index in [1.807, 2.05) is 0 Å². The summed E-state index contributed by atoms with van der Waals surface area (Å²) in [6.45, 7) is 4.17. The van der Waals surface area contributed by atoms with E-state index in [0.717, 1.165) is 12.5 Å². The van der Waals surface area contributed by atoms with E-state index in [4.69, 9.17) is 0 Å². The van der Waals surface area contributed by atoms with Crippen molar-refractivity contribution in [2.45, 2.75) is 32.5 Å². The van der Waals surface area contributed by atoms with Crippen LogP contribution in [0.4, 0.5) is 19.0 Å². The number of aromatic nitrogens is 2. The Kier molecular flexibility index (Phi) is 2.32. The monoisotopic (exact) mass is 231 g/mol. The second-order valence-electron chi connectivity index (χ2n) is 4.69. The van der Waals surface area contributed by atoms with Crippen molar-refractivity contribution in [3.8, 4) is 0 Å². The molecular formula is C10H12F3N3. The second-order valence-corrected chi connectivity index (χ2v) is 4.69. The molecule has 0 amide bonds. The first-order valence-electron chi connectivity index (χ1n) is 4.96. The van der Waals surface area contributed by atoms with Gasteiger partial charge in [0.05, 0.1) is 0 Å². The Labute approximate surface area is 91.1 Å². The molecule has 16 heavy (non-hydrogen) atoms. The summed E-state index contributed by atoms with van der Waals surface area (Å²) in [5.74, 6) is 0.392. The zero-order chi connectivity index (χ0) is 12.0. The van der Waals surface area contributed by atoms with Gasteiger partial charge in [0.2, 0.25) is 0 Å². The summed E-state index contributed by atoms with van der Waals surface area (Å²) in [7, 11) is 0. The third-order valence-electron chi connectivity index (χ3n) is 2.79. The van der Waals surface area contributed by atoms with E-state index in [1.54, 1.807) is 0 Å². The molecule has 0 aromatic carbocycles. The van der Waals surface area contributed by atoms with Gasteiger partial charge in [0, 0.05) is 6.04 Å². The third kappa shape index (κ3) is 2.25. The van der Waals surface area contributed by atoms with Crippen molar-refractivity contribution >= 4 is 5.82 Å². The maximum Gasteiger partial charge on any atom is 0.435 e. The Morgan fingerprint density at radius 1 is 1.31 bits per heavy atom. The zero-order valence-electron chi connectivity index (χ0n) is 8.97. The Hall–Kier alpha value is -1.33. The van der Waals surface area contributed by atoms with Crippen LogP contribution in [0.3, 0.4) is 0 Å². The van der Waals surface area contributed by atoms with Gasteiger partial charge in [-0.3, -0.25) is 0 Å². The normalized spacial score (nSPS) is 22.9. The molecule has 0 saturated heterocycles. The molecule has 1 unspecified atom stereocenters. The second kappa shape index (κ2) is 3.33. The van der Waals surface area contributed by atoms with Crippen LogP contribution in [-0.2, 0) is 6.18 Å². The minimum Gasteiger partial charge on any atom is -0.365 e. The molecule has 88 valence electrons. The predicted octanol–water partition coefficient (Wildman–Crippen LogP) is 2.71. The molecule has 1 fully saturated rings.